The van der Waals surface area contributed by atoms with E-state index in [1.807, 2.05) is 0 Å². The van der Waals surface area contributed by atoms with Crippen molar-refractivity contribution in [1.29, 1.82) is 0 Å². The van der Waals surface area contributed by atoms with Crippen LogP contribution in [-0.2, 0) is 16.0 Å². The van der Waals surface area contributed by atoms with Crippen LogP contribution in [0.25, 0.3) is 0 Å². The van der Waals surface area contributed by atoms with Gasteiger partial charge in [0.15, 0.2) is 6.61 Å². The molecule has 1 aromatic rings. The van der Waals surface area contributed by atoms with Crippen LogP contribution in [0.15, 0.2) is 24.3 Å². The van der Waals surface area contributed by atoms with E-state index < -0.39 is 11.9 Å². The van der Waals surface area contributed by atoms with Gasteiger partial charge >= 0.3 is 5.97 Å². The van der Waals surface area contributed by atoms with Gasteiger partial charge in [0.2, 0.25) is 0 Å². The minimum Gasteiger partial charge on any atom is -0.484 e. The van der Waals surface area contributed by atoms with Crippen LogP contribution in [0.5, 0.6) is 5.75 Å². The zero-order valence-corrected chi connectivity index (χ0v) is 8.68. The molecule has 86 valence electrons. The molecular formula is C11H13NO4. The molecule has 0 aliphatic heterocycles. The zero-order chi connectivity index (χ0) is 12.0. The second-order valence-corrected chi connectivity index (χ2v) is 3.29. The van der Waals surface area contributed by atoms with Crippen molar-refractivity contribution in [3.63, 3.8) is 0 Å². The fourth-order valence-electron chi connectivity index (χ4n) is 1.16. The van der Waals surface area contributed by atoms with Gasteiger partial charge in [-0.3, -0.25) is 9.59 Å². The summed E-state index contributed by atoms with van der Waals surface area (Å²) in [6, 6.07) is 6.89. The minimum atomic E-state index is -0.825. The highest BCUT2D eigenvalue weighted by molar-refractivity contribution is 5.75. The highest BCUT2D eigenvalue weighted by Gasteiger charge is 2.00. The summed E-state index contributed by atoms with van der Waals surface area (Å²) in [5, 5.41) is 8.50. The summed E-state index contributed by atoms with van der Waals surface area (Å²) < 4.78 is 5.06. The van der Waals surface area contributed by atoms with Crippen LogP contribution in [0.4, 0.5) is 0 Å². The number of carboxylic acid groups (broad SMARTS) is 1. The Morgan fingerprint density at radius 2 is 1.88 bits per heavy atom. The predicted octanol–water partition coefficient (Wildman–Crippen LogP) is 0.568. The third kappa shape index (κ3) is 4.45. The molecule has 0 aliphatic carbocycles. The van der Waals surface area contributed by atoms with Crippen LogP contribution in [0.3, 0.4) is 0 Å². The van der Waals surface area contributed by atoms with E-state index in [0.717, 1.165) is 5.56 Å². The first-order valence-corrected chi connectivity index (χ1v) is 4.80. The number of amides is 1. The molecule has 0 saturated carbocycles. The van der Waals surface area contributed by atoms with Gasteiger partial charge in [-0.2, -0.15) is 0 Å². The van der Waals surface area contributed by atoms with Crippen molar-refractivity contribution in [2.75, 3.05) is 6.61 Å². The first-order valence-electron chi connectivity index (χ1n) is 4.80. The van der Waals surface area contributed by atoms with Gasteiger partial charge in [-0.15, -0.1) is 0 Å². The number of hydrogen-bond donors (Lipinski definition) is 2. The standard InChI is InChI=1S/C11H13NO4/c12-10(13)7-16-9-4-1-8(2-5-9)3-6-11(14)15/h1-2,4-5H,3,6-7H2,(H2,12,13)(H,14,15). The van der Waals surface area contributed by atoms with Gasteiger partial charge in [-0.25, -0.2) is 0 Å². The number of primary amides is 1. The number of carboxylic acids is 1. The normalized spacial score (nSPS) is 9.75. The molecule has 0 unspecified atom stereocenters. The van der Waals surface area contributed by atoms with Crippen molar-refractivity contribution >= 4 is 11.9 Å². The first-order chi connectivity index (χ1) is 7.58. The monoisotopic (exact) mass is 223 g/mol. The SMILES string of the molecule is NC(=O)COc1ccc(CCC(=O)O)cc1. The summed E-state index contributed by atoms with van der Waals surface area (Å²) in [4.78, 5) is 20.8. The summed E-state index contributed by atoms with van der Waals surface area (Å²) in [6.45, 7) is -0.158. The number of nitrogens with two attached hydrogens (primary N) is 1. The molecule has 0 fully saturated rings. The van der Waals surface area contributed by atoms with E-state index in [2.05, 4.69) is 0 Å². The largest absolute Gasteiger partial charge is 0.484 e. The molecule has 0 spiro atoms. The topological polar surface area (TPSA) is 89.6 Å². The Morgan fingerprint density at radius 3 is 2.38 bits per heavy atom. The van der Waals surface area contributed by atoms with E-state index >= 15 is 0 Å². The Hall–Kier alpha value is -2.04. The maximum Gasteiger partial charge on any atom is 0.303 e. The second-order valence-electron chi connectivity index (χ2n) is 3.29. The van der Waals surface area contributed by atoms with Crippen LogP contribution in [-0.4, -0.2) is 23.6 Å². The molecule has 3 N–H and O–H groups in total. The zero-order valence-electron chi connectivity index (χ0n) is 8.68. The predicted molar refractivity (Wildman–Crippen MR) is 57.1 cm³/mol. The fraction of sp³-hybridized carbons (Fsp3) is 0.273. The minimum absolute atomic E-state index is 0.0987. The van der Waals surface area contributed by atoms with Gasteiger partial charge in [-0.05, 0) is 24.1 Å². The third-order valence-electron chi connectivity index (χ3n) is 1.93. The van der Waals surface area contributed by atoms with E-state index in [1.165, 1.54) is 0 Å². The number of aliphatic carboxylic acids is 1. The van der Waals surface area contributed by atoms with E-state index in [1.54, 1.807) is 24.3 Å². The summed E-state index contributed by atoms with van der Waals surface area (Å²) in [7, 11) is 0. The van der Waals surface area contributed by atoms with Crippen molar-refractivity contribution in [2.24, 2.45) is 5.73 Å². The lowest BCUT2D eigenvalue weighted by molar-refractivity contribution is -0.137. The molecule has 5 nitrogen and oxygen atoms in total. The van der Waals surface area contributed by atoms with Crippen molar-refractivity contribution in [3.05, 3.63) is 29.8 Å². The lowest BCUT2D eigenvalue weighted by Crippen LogP contribution is -2.19. The van der Waals surface area contributed by atoms with Gasteiger partial charge in [-0.1, -0.05) is 12.1 Å². The average Bonchev–Trinajstić information content (AvgIpc) is 2.25. The van der Waals surface area contributed by atoms with Crippen LogP contribution in [0.2, 0.25) is 0 Å². The summed E-state index contributed by atoms with van der Waals surface area (Å²) in [5.41, 5.74) is 5.83. The van der Waals surface area contributed by atoms with E-state index in [0.29, 0.717) is 12.2 Å². The van der Waals surface area contributed by atoms with Crippen LogP contribution in [0, 0.1) is 0 Å². The smallest absolute Gasteiger partial charge is 0.303 e. The Kier molecular flexibility index (Phi) is 4.32. The molecule has 0 saturated heterocycles. The van der Waals surface area contributed by atoms with E-state index in [-0.39, 0.29) is 13.0 Å². The molecule has 0 atom stereocenters. The number of ether oxygens (including phenoxy) is 1. The Morgan fingerprint density at radius 1 is 1.25 bits per heavy atom. The second kappa shape index (κ2) is 5.75. The van der Waals surface area contributed by atoms with Gasteiger partial charge in [0.25, 0.3) is 5.91 Å². The lowest BCUT2D eigenvalue weighted by Gasteiger charge is -2.04. The molecule has 1 rings (SSSR count). The van der Waals surface area contributed by atoms with Crippen LogP contribution < -0.4 is 10.5 Å². The van der Waals surface area contributed by atoms with Gasteiger partial charge < -0.3 is 15.6 Å². The number of carbonyl (C=O) groups excluding carboxylic acids is 1. The van der Waals surface area contributed by atoms with Crippen molar-refractivity contribution < 1.29 is 19.4 Å². The highest BCUT2D eigenvalue weighted by Crippen LogP contribution is 2.13. The van der Waals surface area contributed by atoms with Crippen LogP contribution in [0.1, 0.15) is 12.0 Å². The van der Waals surface area contributed by atoms with Gasteiger partial charge in [0.1, 0.15) is 5.75 Å². The summed E-state index contributed by atoms with van der Waals surface area (Å²) in [5.74, 6) is -0.818. The molecule has 0 aromatic heterocycles. The van der Waals surface area contributed by atoms with Gasteiger partial charge in [0, 0.05) is 6.42 Å². The molecule has 0 heterocycles. The first kappa shape index (κ1) is 12.0. The number of rotatable bonds is 6. The Labute approximate surface area is 92.8 Å². The fourth-order valence-corrected chi connectivity index (χ4v) is 1.16. The number of aryl methyl sites for hydroxylation is 1. The average molecular weight is 223 g/mol. The van der Waals surface area contributed by atoms with E-state index in [4.69, 9.17) is 15.6 Å². The van der Waals surface area contributed by atoms with Crippen LogP contribution >= 0.6 is 0 Å². The van der Waals surface area contributed by atoms with Crippen molar-refractivity contribution in [3.8, 4) is 5.75 Å². The molecule has 1 aromatic carbocycles. The molecule has 5 heteroatoms. The highest BCUT2D eigenvalue weighted by atomic mass is 16.5. The molecule has 1 amide bonds. The Bertz CT molecular complexity index is 335. The quantitative estimate of drug-likeness (QED) is 0.737. The molecule has 0 radical (unpaired) electrons. The third-order valence-corrected chi connectivity index (χ3v) is 1.93. The maximum absolute atomic E-state index is 10.4. The number of carbonyl (C=O) groups is 2. The van der Waals surface area contributed by atoms with Crippen molar-refractivity contribution in [2.45, 2.75) is 12.8 Å². The maximum atomic E-state index is 10.4. The Balaban J connectivity index is 2.47. The number of benzene rings is 1. The molecule has 0 bridgehead atoms. The number of hydrogen-bond acceptors (Lipinski definition) is 3. The summed E-state index contributed by atoms with van der Waals surface area (Å²) in [6.07, 6.45) is 0.576. The van der Waals surface area contributed by atoms with Gasteiger partial charge in [0.05, 0.1) is 0 Å². The lowest BCUT2D eigenvalue weighted by atomic mass is 10.1. The van der Waals surface area contributed by atoms with E-state index in [9.17, 15) is 9.59 Å². The molecule has 16 heavy (non-hydrogen) atoms. The van der Waals surface area contributed by atoms with Crippen molar-refractivity contribution in [1.82, 2.24) is 0 Å². The molecule has 0 aliphatic rings. The molecular weight excluding hydrogens is 210 g/mol. The summed E-state index contributed by atoms with van der Waals surface area (Å²) >= 11 is 0.